The topological polar surface area (TPSA) is 20.3 Å². The molecule has 18 heavy (non-hydrogen) atoms. The van der Waals surface area contributed by atoms with E-state index in [0.717, 1.165) is 19.4 Å². The van der Waals surface area contributed by atoms with Crippen LogP contribution < -0.4 is 0 Å². The lowest BCUT2D eigenvalue weighted by Gasteiger charge is -2.24. The quantitative estimate of drug-likeness (QED) is 0.697. The SMILES string of the molecule is CC1=CC(C)C(/C=C\CN(C)C(=O)C2CC2)CC1. The zero-order chi connectivity index (χ0) is 13.1. The second-order valence-electron chi connectivity index (χ2n) is 6.00. The highest BCUT2D eigenvalue weighted by molar-refractivity contribution is 5.80. The fraction of sp³-hybridized carbons (Fsp3) is 0.688. The van der Waals surface area contributed by atoms with Crippen molar-refractivity contribution in [2.75, 3.05) is 13.6 Å². The molecule has 100 valence electrons. The largest absolute Gasteiger partial charge is 0.342 e. The van der Waals surface area contributed by atoms with Crippen LogP contribution in [0.5, 0.6) is 0 Å². The maximum absolute atomic E-state index is 11.8. The summed E-state index contributed by atoms with van der Waals surface area (Å²) in [4.78, 5) is 13.6. The average Bonchev–Trinajstić information content (AvgIpc) is 3.15. The predicted molar refractivity (Wildman–Crippen MR) is 75.1 cm³/mol. The number of rotatable bonds is 4. The third-order valence-corrected chi connectivity index (χ3v) is 4.16. The highest BCUT2D eigenvalue weighted by atomic mass is 16.2. The minimum Gasteiger partial charge on any atom is -0.342 e. The van der Waals surface area contributed by atoms with E-state index in [1.54, 1.807) is 0 Å². The van der Waals surface area contributed by atoms with Crippen molar-refractivity contribution >= 4 is 5.91 Å². The number of allylic oxidation sites excluding steroid dienone is 3. The Balaban J connectivity index is 1.78. The van der Waals surface area contributed by atoms with Crippen LogP contribution in [0.1, 0.15) is 39.5 Å². The van der Waals surface area contributed by atoms with Crippen LogP contribution in [0.3, 0.4) is 0 Å². The van der Waals surface area contributed by atoms with E-state index in [0.29, 0.717) is 23.7 Å². The van der Waals surface area contributed by atoms with Gasteiger partial charge in [-0.25, -0.2) is 0 Å². The Morgan fingerprint density at radius 1 is 1.44 bits per heavy atom. The molecule has 1 fully saturated rings. The molecule has 2 atom stereocenters. The number of hydrogen-bond donors (Lipinski definition) is 0. The zero-order valence-electron chi connectivity index (χ0n) is 11.9. The lowest BCUT2D eigenvalue weighted by atomic mass is 9.82. The molecule has 1 amide bonds. The van der Waals surface area contributed by atoms with Crippen LogP contribution in [0.2, 0.25) is 0 Å². The molecule has 0 aromatic carbocycles. The van der Waals surface area contributed by atoms with Gasteiger partial charge in [-0.3, -0.25) is 4.79 Å². The third-order valence-electron chi connectivity index (χ3n) is 4.16. The summed E-state index contributed by atoms with van der Waals surface area (Å²) in [6.07, 6.45) is 11.5. The molecule has 2 heteroatoms. The molecule has 2 aliphatic carbocycles. The Morgan fingerprint density at radius 2 is 2.17 bits per heavy atom. The fourth-order valence-corrected chi connectivity index (χ4v) is 2.71. The molecule has 1 saturated carbocycles. The van der Waals surface area contributed by atoms with Crippen molar-refractivity contribution in [3.63, 3.8) is 0 Å². The smallest absolute Gasteiger partial charge is 0.225 e. The van der Waals surface area contributed by atoms with Crippen molar-refractivity contribution in [3.05, 3.63) is 23.8 Å². The molecule has 0 aromatic rings. The summed E-state index contributed by atoms with van der Waals surface area (Å²) in [5.41, 5.74) is 1.52. The van der Waals surface area contributed by atoms with Crippen molar-refractivity contribution in [1.29, 1.82) is 0 Å². The number of amides is 1. The van der Waals surface area contributed by atoms with Crippen LogP contribution >= 0.6 is 0 Å². The molecule has 0 bridgehead atoms. The Hall–Kier alpha value is -1.05. The van der Waals surface area contributed by atoms with Crippen LogP contribution in [0.25, 0.3) is 0 Å². The van der Waals surface area contributed by atoms with E-state index in [-0.39, 0.29) is 0 Å². The molecule has 0 aromatic heterocycles. The van der Waals surface area contributed by atoms with Crippen LogP contribution in [0.4, 0.5) is 0 Å². The van der Waals surface area contributed by atoms with E-state index in [2.05, 4.69) is 32.1 Å². The van der Waals surface area contributed by atoms with Gasteiger partial charge in [0.2, 0.25) is 5.91 Å². The van der Waals surface area contributed by atoms with E-state index < -0.39 is 0 Å². The molecule has 0 heterocycles. The van der Waals surface area contributed by atoms with Crippen molar-refractivity contribution in [2.45, 2.75) is 39.5 Å². The van der Waals surface area contributed by atoms with Crippen LogP contribution in [0, 0.1) is 17.8 Å². The van der Waals surface area contributed by atoms with E-state index >= 15 is 0 Å². The van der Waals surface area contributed by atoms with E-state index in [1.807, 2.05) is 11.9 Å². The van der Waals surface area contributed by atoms with Gasteiger partial charge in [-0.05, 0) is 44.4 Å². The Bertz CT molecular complexity index is 365. The number of carbonyl (C=O) groups excluding carboxylic acids is 1. The van der Waals surface area contributed by atoms with Crippen molar-refractivity contribution < 1.29 is 4.79 Å². The number of carbonyl (C=O) groups is 1. The second-order valence-corrected chi connectivity index (χ2v) is 6.00. The third kappa shape index (κ3) is 3.47. The second kappa shape index (κ2) is 5.73. The first kappa shape index (κ1) is 13.4. The van der Waals surface area contributed by atoms with Crippen molar-refractivity contribution in [1.82, 2.24) is 4.90 Å². The molecule has 0 aliphatic heterocycles. The summed E-state index contributed by atoms with van der Waals surface area (Å²) in [7, 11) is 1.92. The zero-order valence-corrected chi connectivity index (χ0v) is 11.9. The highest BCUT2D eigenvalue weighted by Crippen LogP contribution is 2.31. The number of nitrogens with zero attached hydrogens (tertiary/aromatic N) is 1. The van der Waals surface area contributed by atoms with Gasteiger partial charge in [-0.2, -0.15) is 0 Å². The Morgan fingerprint density at radius 3 is 2.78 bits per heavy atom. The number of likely N-dealkylation sites (N-methyl/N-ethyl adjacent to an activating group) is 1. The first-order chi connectivity index (χ1) is 8.58. The Labute approximate surface area is 111 Å². The molecule has 0 radical (unpaired) electrons. The maximum Gasteiger partial charge on any atom is 0.225 e. The molecular formula is C16H25NO. The first-order valence-corrected chi connectivity index (χ1v) is 7.17. The fourth-order valence-electron chi connectivity index (χ4n) is 2.71. The average molecular weight is 247 g/mol. The van der Waals surface area contributed by atoms with Gasteiger partial charge < -0.3 is 4.90 Å². The molecule has 2 nitrogen and oxygen atoms in total. The lowest BCUT2D eigenvalue weighted by molar-refractivity contribution is -0.130. The van der Waals surface area contributed by atoms with Crippen molar-refractivity contribution in [3.8, 4) is 0 Å². The maximum atomic E-state index is 11.8. The summed E-state index contributed by atoms with van der Waals surface area (Å²) < 4.78 is 0. The van der Waals surface area contributed by atoms with Crippen molar-refractivity contribution in [2.24, 2.45) is 17.8 Å². The summed E-state index contributed by atoms with van der Waals surface area (Å²) in [5.74, 6) is 1.95. The molecule has 0 saturated heterocycles. The first-order valence-electron chi connectivity index (χ1n) is 7.17. The van der Waals surface area contributed by atoms with Crippen LogP contribution in [0.15, 0.2) is 23.8 Å². The molecule has 2 aliphatic rings. The van der Waals surface area contributed by atoms with Gasteiger partial charge >= 0.3 is 0 Å². The Kier molecular flexibility index (Phi) is 4.26. The molecule has 2 rings (SSSR count). The summed E-state index contributed by atoms with van der Waals surface area (Å²) in [5, 5.41) is 0. The summed E-state index contributed by atoms with van der Waals surface area (Å²) >= 11 is 0. The van der Waals surface area contributed by atoms with Gasteiger partial charge in [0.1, 0.15) is 0 Å². The lowest BCUT2D eigenvalue weighted by Crippen LogP contribution is -2.28. The minimum absolute atomic E-state index is 0.326. The standard InChI is InChI=1S/C16H25NO/c1-12-6-7-14(13(2)11-12)5-4-10-17(3)16(18)15-8-9-15/h4-5,11,13-15H,6-10H2,1-3H3/b5-4-. The molecule has 0 spiro atoms. The van der Waals surface area contributed by atoms with E-state index in [9.17, 15) is 4.79 Å². The number of hydrogen-bond acceptors (Lipinski definition) is 1. The molecular weight excluding hydrogens is 222 g/mol. The van der Waals surface area contributed by atoms with Gasteiger partial charge in [0.05, 0.1) is 0 Å². The predicted octanol–water partition coefficient (Wildman–Crippen LogP) is 3.40. The van der Waals surface area contributed by atoms with Gasteiger partial charge in [0.25, 0.3) is 0 Å². The monoisotopic (exact) mass is 247 g/mol. The van der Waals surface area contributed by atoms with Crippen LogP contribution in [-0.2, 0) is 4.79 Å². The highest BCUT2D eigenvalue weighted by Gasteiger charge is 2.31. The summed E-state index contributed by atoms with van der Waals surface area (Å²) in [6.45, 7) is 5.27. The van der Waals surface area contributed by atoms with Gasteiger partial charge in [0.15, 0.2) is 0 Å². The van der Waals surface area contributed by atoms with Gasteiger partial charge in [0, 0.05) is 19.5 Å². The van der Waals surface area contributed by atoms with Gasteiger partial charge in [-0.15, -0.1) is 0 Å². The van der Waals surface area contributed by atoms with Crippen LogP contribution in [-0.4, -0.2) is 24.4 Å². The molecule has 2 unspecified atom stereocenters. The van der Waals surface area contributed by atoms with E-state index in [4.69, 9.17) is 0 Å². The van der Waals surface area contributed by atoms with E-state index in [1.165, 1.54) is 18.4 Å². The normalized spacial score (nSPS) is 28.3. The minimum atomic E-state index is 0.326. The summed E-state index contributed by atoms with van der Waals surface area (Å²) in [6, 6.07) is 0. The van der Waals surface area contributed by atoms with Gasteiger partial charge in [-0.1, -0.05) is 30.7 Å². The molecule has 0 N–H and O–H groups in total.